The van der Waals surface area contributed by atoms with Crippen LogP contribution in [0.1, 0.15) is 18.9 Å². The largest absolute Gasteiger partial charge is 0.396 e. The van der Waals surface area contributed by atoms with Crippen LogP contribution < -0.4 is 10.9 Å². The first-order chi connectivity index (χ1) is 16.0. The van der Waals surface area contributed by atoms with Gasteiger partial charge in [-0.3, -0.25) is 4.79 Å². The van der Waals surface area contributed by atoms with E-state index in [9.17, 15) is 14.3 Å². The van der Waals surface area contributed by atoms with Gasteiger partial charge >= 0.3 is 0 Å². The Morgan fingerprint density at radius 1 is 1.03 bits per heavy atom. The summed E-state index contributed by atoms with van der Waals surface area (Å²) >= 11 is 0. The molecule has 0 saturated carbocycles. The van der Waals surface area contributed by atoms with E-state index in [1.54, 1.807) is 22.9 Å². The van der Waals surface area contributed by atoms with Crippen molar-refractivity contribution in [3.63, 3.8) is 0 Å². The topological polar surface area (TPSA) is 85.0 Å². The number of halogens is 1. The molecule has 0 saturated heterocycles. The van der Waals surface area contributed by atoms with Gasteiger partial charge in [-0.1, -0.05) is 18.2 Å². The number of aryl methyl sites for hydroxylation is 2. The van der Waals surface area contributed by atoms with Gasteiger partial charge < -0.3 is 10.4 Å². The zero-order valence-electron chi connectivity index (χ0n) is 18.6. The molecule has 4 rings (SSSR count). The molecule has 2 aromatic heterocycles. The van der Waals surface area contributed by atoms with Crippen LogP contribution in [0.2, 0.25) is 0 Å². The van der Waals surface area contributed by atoms with Crippen molar-refractivity contribution in [2.24, 2.45) is 0 Å². The maximum absolute atomic E-state index is 13.6. The van der Waals surface area contributed by atoms with Crippen LogP contribution in [0.4, 0.5) is 10.2 Å². The standard InChI is InChI=1S/C25H26FN5O2/c1-3-27-25-23(20-13-14-22(33)31(28-20)21-8-5-4-7-17(21)2)24(29-30(25)15-6-16-32)18-9-11-19(26)12-10-18/h4-5,7-14,27,32H,3,6,15-16H2,1-2H3. The summed E-state index contributed by atoms with van der Waals surface area (Å²) in [5, 5.41) is 22.2. The molecule has 0 aliphatic carbocycles. The van der Waals surface area contributed by atoms with Gasteiger partial charge in [-0.05, 0) is 62.2 Å². The highest BCUT2D eigenvalue weighted by atomic mass is 19.1. The minimum absolute atomic E-state index is 0.0308. The number of anilines is 1. The van der Waals surface area contributed by atoms with Crippen LogP contribution in [0.25, 0.3) is 28.2 Å². The fourth-order valence-electron chi connectivity index (χ4n) is 3.76. The lowest BCUT2D eigenvalue weighted by Gasteiger charge is -2.12. The molecule has 0 atom stereocenters. The molecule has 0 radical (unpaired) electrons. The van der Waals surface area contributed by atoms with Gasteiger partial charge in [-0.2, -0.15) is 14.9 Å². The third-order valence-electron chi connectivity index (χ3n) is 5.34. The fourth-order valence-corrected chi connectivity index (χ4v) is 3.76. The number of nitrogens with zero attached hydrogens (tertiary/aromatic N) is 4. The molecular weight excluding hydrogens is 421 g/mol. The molecule has 33 heavy (non-hydrogen) atoms. The predicted octanol–water partition coefficient (Wildman–Crippen LogP) is 4.02. The van der Waals surface area contributed by atoms with Crippen LogP contribution in [-0.4, -0.2) is 37.8 Å². The number of hydrogen-bond acceptors (Lipinski definition) is 5. The molecule has 2 heterocycles. The highest BCUT2D eigenvalue weighted by molar-refractivity contribution is 5.87. The van der Waals surface area contributed by atoms with Gasteiger partial charge in [0.15, 0.2) is 0 Å². The third-order valence-corrected chi connectivity index (χ3v) is 5.34. The van der Waals surface area contributed by atoms with Crippen molar-refractivity contribution in [3.05, 3.63) is 82.4 Å². The summed E-state index contributed by atoms with van der Waals surface area (Å²) in [6.45, 7) is 5.06. The molecule has 0 aliphatic rings. The minimum atomic E-state index is -0.335. The van der Waals surface area contributed by atoms with Crippen molar-refractivity contribution in [2.45, 2.75) is 26.8 Å². The summed E-state index contributed by atoms with van der Waals surface area (Å²) in [6, 6.07) is 16.8. The van der Waals surface area contributed by atoms with Crippen molar-refractivity contribution in [3.8, 4) is 28.2 Å². The van der Waals surface area contributed by atoms with Crippen LogP contribution in [0.15, 0.2) is 65.5 Å². The van der Waals surface area contributed by atoms with E-state index in [0.29, 0.717) is 42.1 Å². The Balaban J connectivity index is 1.96. The number of aliphatic hydroxyl groups excluding tert-OH is 1. The van der Waals surface area contributed by atoms with E-state index < -0.39 is 0 Å². The van der Waals surface area contributed by atoms with Crippen LogP contribution in [0.5, 0.6) is 0 Å². The van der Waals surface area contributed by atoms with Gasteiger partial charge in [0.25, 0.3) is 5.56 Å². The molecule has 0 fully saturated rings. The second-order valence-corrected chi connectivity index (χ2v) is 7.66. The average molecular weight is 448 g/mol. The van der Waals surface area contributed by atoms with Gasteiger partial charge in [-0.25, -0.2) is 9.07 Å². The van der Waals surface area contributed by atoms with Crippen LogP contribution in [-0.2, 0) is 6.54 Å². The number of benzene rings is 2. The Morgan fingerprint density at radius 2 is 1.79 bits per heavy atom. The van der Waals surface area contributed by atoms with Crippen molar-refractivity contribution >= 4 is 5.82 Å². The van der Waals surface area contributed by atoms with E-state index in [-0.39, 0.29) is 18.0 Å². The zero-order chi connectivity index (χ0) is 23.4. The maximum atomic E-state index is 13.6. The van der Waals surface area contributed by atoms with Gasteiger partial charge in [-0.15, -0.1) is 0 Å². The van der Waals surface area contributed by atoms with Crippen molar-refractivity contribution < 1.29 is 9.50 Å². The Kier molecular flexibility index (Phi) is 6.65. The first-order valence-electron chi connectivity index (χ1n) is 10.9. The van der Waals surface area contributed by atoms with Crippen LogP contribution >= 0.6 is 0 Å². The predicted molar refractivity (Wildman–Crippen MR) is 127 cm³/mol. The van der Waals surface area contributed by atoms with E-state index >= 15 is 0 Å². The molecule has 0 amide bonds. The molecule has 0 spiro atoms. The molecule has 0 aliphatic heterocycles. The lowest BCUT2D eigenvalue weighted by Crippen LogP contribution is -2.21. The number of aromatic nitrogens is 4. The van der Waals surface area contributed by atoms with E-state index in [4.69, 9.17) is 10.2 Å². The van der Waals surface area contributed by atoms with E-state index in [1.165, 1.54) is 22.9 Å². The summed E-state index contributed by atoms with van der Waals surface area (Å²) in [5.74, 6) is 0.394. The Bertz CT molecular complexity index is 1310. The van der Waals surface area contributed by atoms with Crippen molar-refractivity contribution in [1.82, 2.24) is 19.6 Å². The Morgan fingerprint density at radius 3 is 2.48 bits per heavy atom. The lowest BCUT2D eigenvalue weighted by atomic mass is 10.0. The van der Waals surface area contributed by atoms with Crippen LogP contribution in [0.3, 0.4) is 0 Å². The van der Waals surface area contributed by atoms with Crippen molar-refractivity contribution in [2.75, 3.05) is 18.5 Å². The van der Waals surface area contributed by atoms with E-state index in [1.807, 2.05) is 38.1 Å². The fraction of sp³-hybridized carbons (Fsp3) is 0.240. The summed E-state index contributed by atoms with van der Waals surface area (Å²) in [4.78, 5) is 12.7. The monoisotopic (exact) mass is 447 g/mol. The SMILES string of the molecule is CCNc1c(-c2ccc(=O)n(-c3ccccc3C)n2)c(-c2ccc(F)cc2)nn1CCCO. The number of aliphatic hydroxyl groups is 1. The summed E-state index contributed by atoms with van der Waals surface area (Å²) in [7, 11) is 0. The summed E-state index contributed by atoms with van der Waals surface area (Å²) < 4.78 is 16.8. The normalized spacial score (nSPS) is 11.0. The van der Waals surface area contributed by atoms with Gasteiger partial charge in [0.2, 0.25) is 0 Å². The quantitative estimate of drug-likeness (QED) is 0.426. The highest BCUT2D eigenvalue weighted by Gasteiger charge is 2.22. The molecule has 0 unspecified atom stereocenters. The van der Waals surface area contributed by atoms with Crippen LogP contribution in [0, 0.1) is 12.7 Å². The van der Waals surface area contributed by atoms with Gasteiger partial charge in [0, 0.05) is 31.3 Å². The van der Waals surface area contributed by atoms with E-state index in [0.717, 1.165) is 16.9 Å². The Hall–Kier alpha value is -3.78. The van der Waals surface area contributed by atoms with Gasteiger partial charge in [0.1, 0.15) is 17.3 Å². The first kappa shape index (κ1) is 22.4. The molecule has 8 heteroatoms. The molecule has 0 bridgehead atoms. The number of hydrogen-bond donors (Lipinski definition) is 2. The molecule has 7 nitrogen and oxygen atoms in total. The highest BCUT2D eigenvalue weighted by Crippen LogP contribution is 2.37. The van der Waals surface area contributed by atoms with Gasteiger partial charge in [0.05, 0.1) is 16.9 Å². The molecule has 2 aromatic carbocycles. The van der Waals surface area contributed by atoms with Crippen molar-refractivity contribution in [1.29, 1.82) is 0 Å². The summed E-state index contributed by atoms with van der Waals surface area (Å²) in [6.07, 6.45) is 0.526. The van der Waals surface area contributed by atoms with E-state index in [2.05, 4.69) is 5.32 Å². The third kappa shape index (κ3) is 4.56. The molecule has 4 aromatic rings. The number of rotatable bonds is 8. The lowest BCUT2D eigenvalue weighted by molar-refractivity contribution is 0.277. The average Bonchev–Trinajstić information content (AvgIpc) is 3.17. The zero-order valence-corrected chi connectivity index (χ0v) is 18.6. The Labute approximate surface area is 191 Å². The second-order valence-electron chi connectivity index (χ2n) is 7.66. The first-order valence-corrected chi connectivity index (χ1v) is 10.9. The second kappa shape index (κ2) is 9.79. The molecular formula is C25H26FN5O2. The minimum Gasteiger partial charge on any atom is -0.396 e. The summed E-state index contributed by atoms with van der Waals surface area (Å²) in [5.41, 5.74) is 4.00. The number of nitrogens with one attached hydrogen (secondary N) is 1. The molecule has 2 N–H and O–H groups in total. The maximum Gasteiger partial charge on any atom is 0.271 e. The molecule has 170 valence electrons. The smallest absolute Gasteiger partial charge is 0.271 e. The number of para-hydroxylation sites is 1.